The summed E-state index contributed by atoms with van der Waals surface area (Å²) in [6, 6.07) is 9.93. The number of nitrogens with zero attached hydrogens (tertiary/aromatic N) is 5. The first kappa shape index (κ1) is 11.5. The third-order valence-corrected chi connectivity index (χ3v) is 2.51. The summed E-state index contributed by atoms with van der Waals surface area (Å²) in [7, 11) is 1.84. The molecule has 96 valence electrons. The normalized spacial score (nSPS) is 10.8. The summed E-state index contributed by atoms with van der Waals surface area (Å²) in [5.74, 6) is 0.536. The van der Waals surface area contributed by atoms with Gasteiger partial charge in [-0.2, -0.15) is 4.98 Å². The van der Waals surface area contributed by atoms with Crippen LogP contribution in [-0.4, -0.2) is 32.2 Å². The van der Waals surface area contributed by atoms with Gasteiger partial charge in [-0.1, -0.05) is 35.1 Å². The standard InChI is InChI=1S/C12H12N6O/c1-13-7-10-8-19-12(14-10)18-16-11(15-17-18)9-5-3-2-4-6-9/h2-6,8,13H,7H2,1H3. The van der Waals surface area contributed by atoms with Gasteiger partial charge >= 0.3 is 6.01 Å². The third kappa shape index (κ3) is 2.36. The van der Waals surface area contributed by atoms with E-state index in [-0.39, 0.29) is 0 Å². The van der Waals surface area contributed by atoms with E-state index in [1.807, 2.05) is 37.4 Å². The highest BCUT2D eigenvalue weighted by molar-refractivity contribution is 5.53. The molecule has 7 heteroatoms. The SMILES string of the molecule is CNCc1coc(-n2nnc(-c3ccccc3)n2)n1. The van der Waals surface area contributed by atoms with Crippen LogP contribution in [0.4, 0.5) is 0 Å². The summed E-state index contributed by atoms with van der Waals surface area (Å²) in [6.07, 6.45) is 1.57. The van der Waals surface area contributed by atoms with E-state index in [2.05, 4.69) is 25.7 Å². The molecule has 0 amide bonds. The summed E-state index contributed by atoms with van der Waals surface area (Å²) < 4.78 is 5.30. The molecular formula is C12H12N6O. The number of hydrogen-bond acceptors (Lipinski definition) is 6. The highest BCUT2D eigenvalue weighted by Crippen LogP contribution is 2.13. The van der Waals surface area contributed by atoms with Crippen molar-refractivity contribution in [3.63, 3.8) is 0 Å². The Kier molecular flexibility index (Phi) is 3.03. The second-order valence-electron chi connectivity index (χ2n) is 3.92. The molecule has 3 aromatic rings. The van der Waals surface area contributed by atoms with Gasteiger partial charge in [0.1, 0.15) is 6.26 Å². The van der Waals surface area contributed by atoms with Gasteiger partial charge in [-0.3, -0.25) is 0 Å². The van der Waals surface area contributed by atoms with Gasteiger partial charge in [-0.05, 0) is 12.3 Å². The van der Waals surface area contributed by atoms with Gasteiger partial charge < -0.3 is 9.73 Å². The van der Waals surface area contributed by atoms with Crippen molar-refractivity contribution in [1.82, 2.24) is 30.5 Å². The molecule has 2 heterocycles. The molecule has 0 unspecified atom stereocenters. The number of benzene rings is 1. The van der Waals surface area contributed by atoms with Crippen molar-refractivity contribution in [3.05, 3.63) is 42.3 Å². The first-order valence-electron chi connectivity index (χ1n) is 5.81. The molecule has 0 aliphatic heterocycles. The first-order valence-corrected chi connectivity index (χ1v) is 5.81. The Hall–Kier alpha value is -2.54. The summed E-state index contributed by atoms with van der Waals surface area (Å²) in [5.41, 5.74) is 1.69. The van der Waals surface area contributed by atoms with Gasteiger partial charge in [0.2, 0.25) is 5.82 Å². The zero-order valence-corrected chi connectivity index (χ0v) is 10.3. The average Bonchev–Trinajstić information content (AvgIpc) is 3.08. The highest BCUT2D eigenvalue weighted by atomic mass is 16.4. The molecule has 0 radical (unpaired) electrons. The Bertz CT molecular complexity index is 660. The Morgan fingerprint density at radius 2 is 2.11 bits per heavy atom. The van der Waals surface area contributed by atoms with Crippen molar-refractivity contribution in [2.75, 3.05) is 7.05 Å². The second kappa shape index (κ2) is 4.99. The molecule has 0 saturated carbocycles. The fourth-order valence-corrected chi connectivity index (χ4v) is 1.65. The Labute approximate surface area is 109 Å². The van der Waals surface area contributed by atoms with Crippen molar-refractivity contribution >= 4 is 0 Å². The van der Waals surface area contributed by atoms with Crippen LogP contribution in [0.5, 0.6) is 0 Å². The lowest BCUT2D eigenvalue weighted by Gasteiger charge is -1.91. The lowest BCUT2D eigenvalue weighted by atomic mass is 10.2. The molecule has 0 fully saturated rings. The minimum Gasteiger partial charge on any atom is -0.429 e. The first-order chi connectivity index (χ1) is 9.36. The van der Waals surface area contributed by atoms with Crippen molar-refractivity contribution in [2.24, 2.45) is 0 Å². The van der Waals surface area contributed by atoms with Crippen molar-refractivity contribution in [1.29, 1.82) is 0 Å². The van der Waals surface area contributed by atoms with Gasteiger partial charge in [0.15, 0.2) is 0 Å². The van der Waals surface area contributed by atoms with E-state index in [0.29, 0.717) is 18.4 Å². The number of tetrazole rings is 1. The van der Waals surface area contributed by atoms with Gasteiger partial charge in [-0.15, -0.1) is 10.2 Å². The molecule has 0 atom stereocenters. The zero-order chi connectivity index (χ0) is 13.1. The summed E-state index contributed by atoms with van der Waals surface area (Å²) in [5, 5.41) is 15.2. The average molecular weight is 256 g/mol. The maximum absolute atomic E-state index is 5.30. The Morgan fingerprint density at radius 1 is 1.26 bits per heavy atom. The van der Waals surface area contributed by atoms with Crippen LogP contribution in [0, 0.1) is 0 Å². The van der Waals surface area contributed by atoms with Crippen LogP contribution in [0.25, 0.3) is 17.4 Å². The molecule has 2 aromatic heterocycles. The van der Waals surface area contributed by atoms with E-state index in [4.69, 9.17) is 4.42 Å². The molecule has 7 nitrogen and oxygen atoms in total. The fraction of sp³-hybridized carbons (Fsp3) is 0.167. The van der Waals surface area contributed by atoms with E-state index in [9.17, 15) is 0 Å². The van der Waals surface area contributed by atoms with Crippen LogP contribution in [0.2, 0.25) is 0 Å². The maximum atomic E-state index is 5.30. The second-order valence-corrected chi connectivity index (χ2v) is 3.92. The van der Waals surface area contributed by atoms with Gasteiger partial charge in [-0.25, -0.2) is 0 Å². The zero-order valence-electron chi connectivity index (χ0n) is 10.3. The van der Waals surface area contributed by atoms with Crippen molar-refractivity contribution in [3.8, 4) is 17.4 Å². The molecule has 3 rings (SSSR count). The lowest BCUT2D eigenvalue weighted by molar-refractivity contribution is 0.481. The Morgan fingerprint density at radius 3 is 2.89 bits per heavy atom. The van der Waals surface area contributed by atoms with Gasteiger partial charge in [0, 0.05) is 12.1 Å². The topological polar surface area (TPSA) is 81.7 Å². The minimum absolute atomic E-state index is 0.305. The predicted molar refractivity (Wildman–Crippen MR) is 67.4 cm³/mol. The van der Waals surface area contributed by atoms with E-state index in [1.165, 1.54) is 4.80 Å². The summed E-state index contributed by atoms with van der Waals surface area (Å²) in [6.45, 7) is 0.629. The number of rotatable bonds is 4. The van der Waals surface area contributed by atoms with E-state index in [0.717, 1.165) is 11.3 Å². The largest absolute Gasteiger partial charge is 0.429 e. The minimum atomic E-state index is 0.305. The predicted octanol–water partition coefficient (Wildman–Crippen LogP) is 1.04. The Balaban J connectivity index is 1.88. The molecule has 19 heavy (non-hydrogen) atoms. The van der Waals surface area contributed by atoms with Crippen LogP contribution >= 0.6 is 0 Å². The highest BCUT2D eigenvalue weighted by Gasteiger charge is 2.11. The quantitative estimate of drug-likeness (QED) is 0.751. The number of aromatic nitrogens is 5. The number of hydrogen-bond donors (Lipinski definition) is 1. The summed E-state index contributed by atoms with van der Waals surface area (Å²) >= 11 is 0. The molecule has 0 saturated heterocycles. The fourth-order valence-electron chi connectivity index (χ4n) is 1.65. The van der Waals surface area contributed by atoms with E-state index < -0.39 is 0 Å². The molecule has 0 spiro atoms. The summed E-state index contributed by atoms with van der Waals surface area (Å²) in [4.78, 5) is 5.53. The smallest absolute Gasteiger partial charge is 0.342 e. The van der Waals surface area contributed by atoms with Crippen molar-refractivity contribution < 1.29 is 4.42 Å². The van der Waals surface area contributed by atoms with Crippen LogP contribution in [0.1, 0.15) is 5.69 Å². The van der Waals surface area contributed by atoms with E-state index in [1.54, 1.807) is 6.26 Å². The monoisotopic (exact) mass is 256 g/mol. The van der Waals surface area contributed by atoms with Crippen LogP contribution in [-0.2, 0) is 6.54 Å². The molecule has 0 bridgehead atoms. The third-order valence-electron chi connectivity index (χ3n) is 2.51. The molecule has 1 aromatic carbocycles. The molecular weight excluding hydrogens is 244 g/mol. The lowest BCUT2D eigenvalue weighted by Crippen LogP contribution is -2.06. The van der Waals surface area contributed by atoms with Gasteiger partial charge in [0.05, 0.1) is 5.69 Å². The number of nitrogens with one attached hydrogen (secondary N) is 1. The maximum Gasteiger partial charge on any atom is 0.342 e. The number of oxazole rings is 1. The molecule has 0 aliphatic rings. The molecule has 1 N–H and O–H groups in total. The molecule has 0 aliphatic carbocycles. The van der Waals surface area contributed by atoms with Crippen molar-refractivity contribution in [2.45, 2.75) is 6.54 Å². The van der Waals surface area contributed by atoms with Gasteiger partial charge in [0.25, 0.3) is 0 Å². The van der Waals surface area contributed by atoms with E-state index >= 15 is 0 Å². The van der Waals surface area contributed by atoms with Crippen LogP contribution in [0.15, 0.2) is 41.0 Å². The van der Waals surface area contributed by atoms with Crippen LogP contribution < -0.4 is 5.32 Å². The van der Waals surface area contributed by atoms with Crippen LogP contribution in [0.3, 0.4) is 0 Å².